The van der Waals surface area contributed by atoms with E-state index in [4.69, 9.17) is 0 Å². The molecule has 122 valence electrons. The van der Waals surface area contributed by atoms with Gasteiger partial charge in [0, 0.05) is 32.1 Å². The molecule has 0 fully saturated rings. The van der Waals surface area contributed by atoms with E-state index in [1.165, 1.54) is 39.0 Å². The topological polar surface area (TPSA) is 0 Å². The first-order chi connectivity index (χ1) is 10.3. The number of fused-ring (bicyclic) bond motifs is 3. The Balaban J connectivity index is 0.000000960. The molecule has 24 heavy (non-hydrogen) atoms. The molecule has 0 aliphatic heterocycles. The third-order valence-electron chi connectivity index (χ3n) is 4.39. The molecule has 0 aromatic heterocycles. The number of benzene rings is 2. The van der Waals surface area contributed by atoms with Crippen LogP contribution in [0.3, 0.4) is 0 Å². The second-order valence-electron chi connectivity index (χ2n) is 5.93. The molecule has 0 saturated heterocycles. The van der Waals surface area contributed by atoms with E-state index in [0.717, 1.165) is 0 Å². The molecule has 0 unspecified atom stereocenters. The van der Waals surface area contributed by atoms with Crippen LogP contribution in [0.4, 0.5) is 0 Å². The molecular weight excluding hydrogens is 414 g/mol. The monoisotopic (exact) mass is 431 g/mol. The van der Waals surface area contributed by atoms with Crippen LogP contribution in [0.25, 0.3) is 11.1 Å². The van der Waals surface area contributed by atoms with E-state index in [9.17, 15) is 0 Å². The smallest absolute Gasteiger partial charge is 0.0175 e. The summed E-state index contributed by atoms with van der Waals surface area (Å²) in [5.74, 6) is 0.325. The van der Waals surface area contributed by atoms with Crippen LogP contribution in [0.2, 0.25) is 0 Å². The Labute approximate surface area is 175 Å². The number of rotatable bonds is 1. The summed E-state index contributed by atoms with van der Waals surface area (Å²) in [4.78, 5) is 0. The van der Waals surface area contributed by atoms with Gasteiger partial charge in [-0.3, -0.25) is 0 Å². The van der Waals surface area contributed by atoms with E-state index in [0.29, 0.717) is 5.92 Å². The summed E-state index contributed by atoms with van der Waals surface area (Å²) < 4.78 is 0. The zero-order valence-electron chi connectivity index (χ0n) is 13.7. The Morgan fingerprint density at radius 1 is 0.792 bits per heavy atom. The number of allylic oxidation sites excluding steroid dienone is 6. The standard InChI is InChI=1S/C21H17.2ClH.Zr/c1-14(2)15-11-12-16(13-15)21-19-9-5-3-7-17(19)18-8-4-6-10-20(18)21;;;/h3-12,21H,1-2H3;2*1H;/q-1;;;. The Morgan fingerprint density at radius 2 is 1.29 bits per heavy atom. The fourth-order valence-electron chi connectivity index (χ4n) is 3.36. The van der Waals surface area contributed by atoms with Gasteiger partial charge in [-0.15, -0.1) is 42.0 Å². The number of hydrogen-bond donors (Lipinski definition) is 0. The first-order valence-electron chi connectivity index (χ1n) is 7.43. The molecule has 0 spiro atoms. The third kappa shape index (κ3) is 3.40. The van der Waals surface area contributed by atoms with Crippen molar-refractivity contribution in [3.8, 4) is 11.1 Å². The van der Waals surface area contributed by atoms with Crippen molar-refractivity contribution in [2.75, 3.05) is 0 Å². The maximum Gasteiger partial charge on any atom is 0.0175 e. The van der Waals surface area contributed by atoms with Crippen LogP contribution in [-0.2, 0) is 26.2 Å². The zero-order chi connectivity index (χ0) is 14.4. The van der Waals surface area contributed by atoms with Crippen LogP contribution in [-0.4, -0.2) is 0 Å². The average Bonchev–Trinajstić information content (AvgIpc) is 3.09. The molecule has 2 aliphatic carbocycles. The van der Waals surface area contributed by atoms with Crippen molar-refractivity contribution in [2.45, 2.75) is 19.8 Å². The molecule has 0 atom stereocenters. The molecule has 4 rings (SSSR count). The van der Waals surface area contributed by atoms with Gasteiger partial charge in [-0.05, 0) is 22.3 Å². The first-order valence-corrected chi connectivity index (χ1v) is 7.43. The molecule has 2 aromatic rings. The first kappa shape index (κ1) is 21.2. The maximum atomic E-state index is 3.60. The second-order valence-corrected chi connectivity index (χ2v) is 5.93. The van der Waals surface area contributed by atoms with E-state index < -0.39 is 0 Å². The van der Waals surface area contributed by atoms with E-state index in [1.54, 1.807) is 0 Å². The quantitative estimate of drug-likeness (QED) is 0.465. The SMILES string of the molecule is CC(C)=C1[C-]=C(C2c3ccccc3-c3ccccc32)C=C1.Cl.Cl.[Zr]. The molecule has 0 heterocycles. The van der Waals surface area contributed by atoms with Gasteiger partial charge in [-0.1, -0.05) is 62.4 Å². The van der Waals surface area contributed by atoms with Crippen molar-refractivity contribution >= 4 is 24.8 Å². The predicted octanol–water partition coefficient (Wildman–Crippen LogP) is 6.28. The van der Waals surface area contributed by atoms with Crippen molar-refractivity contribution in [1.82, 2.24) is 0 Å². The van der Waals surface area contributed by atoms with Crippen LogP contribution in [0, 0.1) is 6.08 Å². The molecule has 0 saturated carbocycles. The third-order valence-corrected chi connectivity index (χ3v) is 4.39. The minimum absolute atomic E-state index is 0. The summed E-state index contributed by atoms with van der Waals surface area (Å²) in [5.41, 5.74) is 9.37. The fourth-order valence-corrected chi connectivity index (χ4v) is 3.36. The van der Waals surface area contributed by atoms with Gasteiger partial charge in [0.15, 0.2) is 0 Å². The van der Waals surface area contributed by atoms with Crippen LogP contribution < -0.4 is 0 Å². The van der Waals surface area contributed by atoms with Gasteiger partial charge in [0.25, 0.3) is 0 Å². The summed E-state index contributed by atoms with van der Waals surface area (Å²) in [6.45, 7) is 4.29. The molecule has 2 aliphatic rings. The number of hydrogen-bond acceptors (Lipinski definition) is 0. The van der Waals surface area contributed by atoms with E-state index >= 15 is 0 Å². The molecule has 0 bridgehead atoms. The van der Waals surface area contributed by atoms with Gasteiger partial charge in [-0.2, -0.15) is 17.7 Å². The van der Waals surface area contributed by atoms with Crippen molar-refractivity contribution in [3.63, 3.8) is 0 Å². The average molecular weight is 434 g/mol. The van der Waals surface area contributed by atoms with Crippen molar-refractivity contribution in [1.29, 1.82) is 0 Å². The Hall–Kier alpha value is -0.877. The molecular formula is C21H19Cl2Zr-. The molecule has 0 nitrogen and oxygen atoms in total. The van der Waals surface area contributed by atoms with Gasteiger partial charge in [0.2, 0.25) is 0 Å². The van der Waals surface area contributed by atoms with Gasteiger partial charge < -0.3 is 0 Å². The second kappa shape index (κ2) is 8.48. The Morgan fingerprint density at radius 3 is 1.75 bits per heavy atom. The summed E-state index contributed by atoms with van der Waals surface area (Å²) in [6.07, 6.45) is 8.02. The van der Waals surface area contributed by atoms with Crippen LogP contribution in [0.1, 0.15) is 30.9 Å². The van der Waals surface area contributed by atoms with E-state index in [1.807, 2.05) is 0 Å². The van der Waals surface area contributed by atoms with Crippen LogP contribution >= 0.6 is 24.8 Å². The van der Waals surface area contributed by atoms with Gasteiger partial charge in [0.1, 0.15) is 0 Å². The summed E-state index contributed by atoms with van der Waals surface area (Å²) >= 11 is 0. The molecule has 0 radical (unpaired) electrons. The summed E-state index contributed by atoms with van der Waals surface area (Å²) in [6, 6.07) is 17.5. The minimum Gasteiger partial charge on any atom is -0.177 e. The fraction of sp³-hybridized carbons (Fsp3) is 0.143. The largest absolute Gasteiger partial charge is 0.177 e. The summed E-state index contributed by atoms with van der Waals surface area (Å²) in [5, 5.41) is 0. The van der Waals surface area contributed by atoms with Crippen LogP contribution in [0.15, 0.2) is 77.4 Å². The van der Waals surface area contributed by atoms with Crippen molar-refractivity contribution in [3.05, 3.63) is 94.6 Å². The predicted molar refractivity (Wildman–Crippen MR) is 102 cm³/mol. The normalized spacial score (nSPS) is 13.9. The molecule has 0 N–H and O–H groups in total. The summed E-state index contributed by atoms with van der Waals surface area (Å²) in [7, 11) is 0. The van der Waals surface area contributed by atoms with Gasteiger partial charge in [-0.25, -0.2) is 0 Å². The van der Waals surface area contributed by atoms with E-state index in [2.05, 4.69) is 80.6 Å². The number of halogens is 2. The van der Waals surface area contributed by atoms with E-state index in [-0.39, 0.29) is 51.0 Å². The van der Waals surface area contributed by atoms with Crippen LogP contribution in [0.5, 0.6) is 0 Å². The Kier molecular flexibility index (Phi) is 7.48. The molecule has 3 heteroatoms. The zero-order valence-corrected chi connectivity index (χ0v) is 17.8. The minimum atomic E-state index is 0. The van der Waals surface area contributed by atoms with Gasteiger partial charge >= 0.3 is 0 Å². The van der Waals surface area contributed by atoms with Crippen molar-refractivity contribution in [2.24, 2.45) is 0 Å². The van der Waals surface area contributed by atoms with Crippen molar-refractivity contribution < 1.29 is 26.2 Å². The maximum absolute atomic E-state index is 3.60. The molecule has 0 amide bonds. The van der Waals surface area contributed by atoms with Gasteiger partial charge in [0.05, 0.1) is 0 Å². The Bertz CT molecular complexity index is 782. The molecule has 2 aromatic carbocycles.